The van der Waals surface area contributed by atoms with Crippen molar-refractivity contribution in [3.8, 4) is 62.2 Å². The number of nitrogens with zero attached hydrogens (tertiary/aromatic N) is 4. The summed E-state index contributed by atoms with van der Waals surface area (Å²) < 4.78 is 0. The zero-order valence-corrected chi connectivity index (χ0v) is 37.2. The van der Waals surface area contributed by atoms with Crippen molar-refractivity contribution in [1.29, 1.82) is 5.26 Å². The molecular formula is C61H48N4. The molecule has 1 aromatic heterocycles. The Balaban J connectivity index is 1.18. The highest BCUT2D eigenvalue weighted by Crippen LogP contribution is 2.63. The van der Waals surface area contributed by atoms with Gasteiger partial charge in [0.15, 0.2) is 11.6 Å². The van der Waals surface area contributed by atoms with Gasteiger partial charge in [-0.2, -0.15) is 5.26 Å². The second-order valence-corrected chi connectivity index (χ2v) is 17.9. The molecule has 0 atom stereocenters. The van der Waals surface area contributed by atoms with Crippen LogP contribution in [0.3, 0.4) is 0 Å². The second-order valence-electron chi connectivity index (χ2n) is 17.9. The summed E-state index contributed by atoms with van der Waals surface area (Å²) >= 11 is 0. The lowest BCUT2D eigenvalue weighted by Gasteiger charge is -2.46. The summed E-state index contributed by atoms with van der Waals surface area (Å²) in [7, 11) is 0. The minimum absolute atomic E-state index is 0.213. The van der Waals surface area contributed by atoms with Crippen LogP contribution in [0.2, 0.25) is 0 Å². The van der Waals surface area contributed by atoms with Crippen LogP contribution in [0, 0.1) is 11.3 Å². The van der Waals surface area contributed by atoms with Crippen molar-refractivity contribution < 1.29 is 0 Å². The van der Waals surface area contributed by atoms with Gasteiger partial charge in [-0.05, 0) is 114 Å². The highest BCUT2D eigenvalue weighted by molar-refractivity contribution is 5.97. The Morgan fingerprint density at radius 2 is 1.02 bits per heavy atom. The largest absolute Gasteiger partial charge is 0.213 e. The molecule has 312 valence electrons. The van der Waals surface area contributed by atoms with Crippen LogP contribution in [0.25, 0.3) is 56.2 Å². The van der Waals surface area contributed by atoms with Crippen LogP contribution < -0.4 is 0 Å². The molecule has 2 aliphatic rings. The summed E-state index contributed by atoms with van der Waals surface area (Å²) in [6.07, 6.45) is 2.32. The molecule has 4 heteroatoms. The lowest BCUT2D eigenvalue weighted by Crippen LogP contribution is -2.40. The molecule has 4 nitrogen and oxygen atoms in total. The minimum Gasteiger partial charge on any atom is -0.213 e. The van der Waals surface area contributed by atoms with Crippen LogP contribution >= 0.6 is 0 Å². The first-order chi connectivity index (χ1) is 31.8. The number of hydrogen-bond donors (Lipinski definition) is 0. The molecule has 2 aliphatic carbocycles. The standard InChI is InChI=1S/C61H48N4/c1-5-41-34-40(38-62)28-31-46(41)47-32-29-44(36-42(47)6-2)45-30-33-50-49(37-45)57-48(59-64-56(35-39-18-9-7-10-19-39)63-58(65-59)43-20-11-8-12-21-43)22-17-27-55(57)61(50)53-25-15-13-23-51(53)60(3,4)52-24-14-16-26-54(52)61/h7-34,36-37H,5-6,35H2,1-4H3. The molecule has 0 aliphatic heterocycles. The van der Waals surface area contributed by atoms with Crippen molar-refractivity contribution in [2.24, 2.45) is 0 Å². The minimum atomic E-state index is -0.589. The number of aryl methyl sites for hydroxylation is 2. The molecular weight excluding hydrogens is 789 g/mol. The van der Waals surface area contributed by atoms with Crippen LogP contribution in [0.4, 0.5) is 0 Å². The molecule has 65 heavy (non-hydrogen) atoms. The van der Waals surface area contributed by atoms with Gasteiger partial charge in [0.25, 0.3) is 0 Å². The van der Waals surface area contributed by atoms with Crippen LogP contribution in [0.15, 0.2) is 182 Å². The third-order valence-electron chi connectivity index (χ3n) is 14.1. The number of aromatic nitrogens is 3. The van der Waals surface area contributed by atoms with E-state index in [1.165, 1.54) is 66.8 Å². The summed E-state index contributed by atoms with van der Waals surface area (Å²) in [5, 5.41) is 9.66. The van der Waals surface area contributed by atoms with Crippen molar-refractivity contribution in [3.63, 3.8) is 0 Å². The fourth-order valence-electron chi connectivity index (χ4n) is 11.0. The fraction of sp³-hybridized carbons (Fsp3) is 0.148. The lowest BCUT2D eigenvalue weighted by molar-refractivity contribution is 0.563. The zero-order valence-electron chi connectivity index (χ0n) is 37.2. The second kappa shape index (κ2) is 15.8. The van der Waals surface area contributed by atoms with E-state index < -0.39 is 5.41 Å². The number of hydrogen-bond acceptors (Lipinski definition) is 4. The molecule has 8 aromatic carbocycles. The number of nitriles is 1. The molecule has 9 aromatic rings. The van der Waals surface area contributed by atoms with Gasteiger partial charge < -0.3 is 0 Å². The van der Waals surface area contributed by atoms with E-state index in [-0.39, 0.29) is 5.41 Å². The summed E-state index contributed by atoms with van der Waals surface area (Å²) in [5.41, 5.74) is 20.3. The fourth-order valence-corrected chi connectivity index (χ4v) is 11.0. The topological polar surface area (TPSA) is 62.5 Å². The highest BCUT2D eigenvalue weighted by atomic mass is 15.0. The van der Waals surface area contributed by atoms with Crippen molar-refractivity contribution >= 4 is 0 Å². The average Bonchev–Trinajstić information content (AvgIpc) is 3.66. The lowest BCUT2D eigenvalue weighted by atomic mass is 9.55. The third-order valence-corrected chi connectivity index (χ3v) is 14.1. The molecule has 1 heterocycles. The zero-order chi connectivity index (χ0) is 44.3. The molecule has 11 rings (SSSR count). The highest BCUT2D eigenvalue weighted by Gasteiger charge is 2.54. The van der Waals surface area contributed by atoms with Gasteiger partial charge in [0.1, 0.15) is 5.82 Å². The molecule has 0 bridgehead atoms. The molecule has 0 unspecified atom stereocenters. The van der Waals surface area contributed by atoms with Crippen molar-refractivity contribution in [2.45, 2.75) is 57.8 Å². The molecule has 1 spiro atoms. The normalized spacial score (nSPS) is 13.6. The monoisotopic (exact) mass is 836 g/mol. The first kappa shape index (κ1) is 40.1. The van der Waals surface area contributed by atoms with Crippen molar-refractivity contribution in [2.75, 3.05) is 0 Å². The Bertz CT molecular complexity index is 3310. The van der Waals surface area contributed by atoms with Gasteiger partial charge in [0.05, 0.1) is 17.0 Å². The Labute approximate surface area is 382 Å². The SMILES string of the molecule is CCc1cc(C#N)ccc1-c1ccc(-c2ccc3c(c2)-c2c(-c4nc(Cc5ccccc5)nc(-c5ccccc5)n4)cccc2C32c3ccccc3C(C)(C)c3ccccc32)cc1CC. The van der Waals surface area contributed by atoms with E-state index in [9.17, 15) is 5.26 Å². The quantitative estimate of drug-likeness (QED) is 0.153. The van der Waals surface area contributed by atoms with Gasteiger partial charge in [-0.25, -0.2) is 15.0 Å². The Kier molecular flexibility index (Phi) is 9.74. The van der Waals surface area contributed by atoms with Crippen LogP contribution in [-0.2, 0) is 30.1 Å². The van der Waals surface area contributed by atoms with Gasteiger partial charge in [-0.15, -0.1) is 0 Å². The number of fused-ring (bicyclic) bond motifs is 9. The molecule has 0 saturated carbocycles. The van der Waals surface area contributed by atoms with Crippen molar-refractivity contribution in [3.05, 3.63) is 243 Å². The Morgan fingerprint density at radius 1 is 0.446 bits per heavy atom. The van der Waals surface area contributed by atoms with Crippen LogP contribution in [-0.4, -0.2) is 15.0 Å². The molecule has 0 radical (unpaired) electrons. The van der Waals surface area contributed by atoms with Crippen molar-refractivity contribution in [1.82, 2.24) is 15.0 Å². The van der Waals surface area contributed by atoms with E-state index in [0.29, 0.717) is 23.6 Å². The first-order valence-corrected chi connectivity index (χ1v) is 22.8. The van der Waals surface area contributed by atoms with Crippen LogP contribution in [0.5, 0.6) is 0 Å². The van der Waals surface area contributed by atoms with E-state index in [0.717, 1.165) is 46.5 Å². The summed E-state index contributed by atoms with van der Waals surface area (Å²) in [4.78, 5) is 15.8. The van der Waals surface area contributed by atoms with E-state index in [4.69, 9.17) is 15.0 Å². The van der Waals surface area contributed by atoms with Gasteiger partial charge >= 0.3 is 0 Å². The summed E-state index contributed by atoms with van der Waals surface area (Å²) in [6, 6.07) is 68.2. The summed E-state index contributed by atoms with van der Waals surface area (Å²) in [5.74, 6) is 2.06. The maximum atomic E-state index is 9.66. The average molecular weight is 837 g/mol. The predicted octanol–water partition coefficient (Wildman–Crippen LogP) is 14.1. The number of benzene rings is 8. The molecule has 0 N–H and O–H groups in total. The molecule has 0 amide bonds. The molecule has 0 saturated heterocycles. The Morgan fingerprint density at radius 3 is 1.69 bits per heavy atom. The van der Waals surface area contributed by atoms with Gasteiger partial charge in [-0.3, -0.25) is 0 Å². The van der Waals surface area contributed by atoms with E-state index in [2.05, 4.69) is 179 Å². The molecule has 0 fully saturated rings. The predicted molar refractivity (Wildman–Crippen MR) is 264 cm³/mol. The van der Waals surface area contributed by atoms with Crippen LogP contribution in [0.1, 0.15) is 89.2 Å². The van der Waals surface area contributed by atoms with Gasteiger partial charge in [0, 0.05) is 23.0 Å². The van der Waals surface area contributed by atoms with E-state index >= 15 is 0 Å². The number of rotatable bonds is 8. The van der Waals surface area contributed by atoms with Gasteiger partial charge in [-0.1, -0.05) is 191 Å². The first-order valence-electron chi connectivity index (χ1n) is 22.8. The smallest absolute Gasteiger partial charge is 0.164 e. The Hall–Kier alpha value is -7.74. The third kappa shape index (κ3) is 6.37. The van der Waals surface area contributed by atoms with Gasteiger partial charge in [0.2, 0.25) is 0 Å². The maximum absolute atomic E-state index is 9.66. The van der Waals surface area contributed by atoms with E-state index in [1.54, 1.807) is 0 Å². The van der Waals surface area contributed by atoms with E-state index in [1.807, 2.05) is 36.4 Å². The summed E-state index contributed by atoms with van der Waals surface area (Å²) in [6.45, 7) is 9.14. The maximum Gasteiger partial charge on any atom is 0.164 e.